The summed E-state index contributed by atoms with van der Waals surface area (Å²) in [6, 6.07) is 58.5. The molecule has 1 nitrogen and oxygen atoms in total. The summed E-state index contributed by atoms with van der Waals surface area (Å²) < 4.78 is 0. The number of benzene rings is 8. The highest BCUT2D eigenvalue weighted by Crippen LogP contribution is 2.49. The van der Waals surface area contributed by atoms with Crippen molar-refractivity contribution in [1.82, 2.24) is 0 Å². The van der Waals surface area contributed by atoms with E-state index in [9.17, 15) is 0 Å². The summed E-state index contributed by atoms with van der Waals surface area (Å²) in [5.74, 6) is 0. The van der Waals surface area contributed by atoms with Crippen LogP contribution in [0.15, 0.2) is 176 Å². The van der Waals surface area contributed by atoms with Crippen molar-refractivity contribution in [3.63, 3.8) is 0 Å². The quantitative estimate of drug-likeness (QED) is 0.157. The average Bonchev–Trinajstić information content (AvgIpc) is 3.22. The molecule has 0 heterocycles. The molecule has 54 heavy (non-hydrogen) atoms. The fraction of sp³-hybridized carbons (Fsp3) is 0.132. The van der Waals surface area contributed by atoms with Gasteiger partial charge in [-0.3, -0.25) is 0 Å². The highest BCUT2D eigenvalue weighted by Gasteiger charge is 2.24. The Morgan fingerprint density at radius 1 is 0.500 bits per heavy atom. The molecule has 0 N–H and O–H groups in total. The molecule has 0 radical (unpaired) electrons. The second kappa shape index (κ2) is 13.7. The fourth-order valence-electron chi connectivity index (χ4n) is 8.42. The number of para-hydroxylation sites is 1. The van der Waals surface area contributed by atoms with Gasteiger partial charge in [-0.05, 0) is 138 Å². The van der Waals surface area contributed by atoms with E-state index in [0.29, 0.717) is 0 Å². The first-order valence-electron chi connectivity index (χ1n) is 19.3. The predicted molar refractivity (Wildman–Crippen MR) is 234 cm³/mol. The zero-order valence-corrected chi connectivity index (χ0v) is 31.6. The van der Waals surface area contributed by atoms with E-state index < -0.39 is 0 Å². The van der Waals surface area contributed by atoms with Crippen LogP contribution in [0, 0.1) is 6.92 Å². The number of fused-ring (bicyclic) bond motifs is 6. The van der Waals surface area contributed by atoms with E-state index in [4.69, 9.17) is 0 Å². The van der Waals surface area contributed by atoms with Crippen molar-refractivity contribution >= 4 is 55.0 Å². The van der Waals surface area contributed by atoms with Gasteiger partial charge in [0.15, 0.2) is 0 Å². The summed E-state index contributed by atoms with van der Waals surface area (Å²) in [6.45, 7) is 9.04. The van der Waals surface area contributed by atoms with Crippen LogP contribution < -0.4 is 4.90 Å². The van der Waals surface area contributed by atoms with E-state index in [1.54, 1.807) is 0 Å². The Balaban J connectivity index is 1.42. The SMILES string of the molecule is Cc1ccccc1N(c1ccc(C(C)(C)C)cc1)c1ccc2c(c1)c1ccccc1c1c(-c3ccccc3)cc(C3=CCCC=C3)c(-c3ccccc3)c21. The van der Waals surface area contributed by atoms with Gasteiger partial charge in [0.1, 0.15) is 0 Å². The largest absolute Gasteiger partial charge is 0.310 e. The Hall–Kier alpha value is -6.18. The van der Waals surface area contributed by atoms with Crippen LogP contribution in [-0.4, -0.2) is 0 Å². The molecule has 0 aliphatic heterocycles. The highest BCUT2D eigenvalue weighted by atomic mass is 15.1. The van der Waals surface area contributed by atoms with Crippen LogP contribution in [0.5, 0.6) is 0 Å². The maximum atomic E-state index is 2.47. The number of hydrogen-bond acceptors (Lipinski definition) is 1. The first kappa shape index (κ1) is 33.6. The number of rotatable bonds is 6. The normalized spacial score (nSPS) is 13.1. The molecule has 8 aromatic carbocycles. The summed E-state index contributed by atoms with van der Waals surface area (Å²) in [6.07, 6.45) is 9.21. The molecular weight excluding hydrogens is 651 g/mol. The van der Waals surface area contributed by atoms with Gasteiger partial charge >= 0.3 is 0 Å². The van der Waals surface area contributed by atoms with Crippen LogP contribution in [0.2, 0.25) is 0 Å². The predicted octanol–water partition coefficient (Wildman–Crippen LogP) is 15.3. The van der Waals surface area contributed by atoms with Crippen molar-refractivity contribution in [1.29, 1.82) is 0 Å². The zero-order chi connectivity index (χ0) is 36.8. The maximum Gasteiger partial charge on any atom is 0.0490 e. The smallest absolute Gasteiger partial charge is 0.0490 e. The Morgan fingerprint density at radius 3 is 1.81 bits per heavy atom. The second-order valence-electron chi connectivity index (χ2n) is 15.7. The molecule has 0 saturated carbocycles. The molecule has 1 heteroatoms. The first-order chi connectivity index (χ1) is 26.4. The average molecular weight is 696 g/mol. The molecule has 0 spiro atoms. The highest BCUT2D eigenvalue weighted by molar-refractivity contribution is 6.32. The third kappa shape index (κ3) is 5.91. The summed E-state index contributed by atoms with van der Waals surface area (Å²) in [7, 11) is 0. The monoisotopic (exact) mass is 695 g/mol. The molecule has 0 saturated heterocycles. The van der Waals surface area contributed by atoms with E-state index in [-0.39, 0.29) is 5.41 Å². The molecule has 1 aliphatic carbocycles. The Labute approximate surface area is 319 Å². The first-order valence-corrected chi connectivity index (χ1v) is 19.3. The minimum Gasteiger partial charge on any atom is -0.310 e. The number of hydrogen-bond donors (Lipinski definition) is 0. The minimum absolute atomic E-state index is 0.0757. The Morgan fingerprint density at radius 2 is 1.13 bits per heavy atom. The fourth-order valence-corrected chi connectivity index (χ4v) is 8.42. The van der Waals surface area contributed by atoms with Gasteiger partial charge in [-0.25, -0.2) is 0 Å². The maximum absolute atomic E-state index is 2.47. The van der Waals surface area contributed by atoms with E-state index >= 15 is 0 Å². The van der Waals surface area contributed by atoms with Crippen LogP contribution in [0.1, 0.15) is 50.3 Å². The third-order valence-electron chi connectivity index (χ3n) is 11.1. The van der Waals surface area contributed by atoms with Gasteiger partial charge < -0.3 is 4.90 Å². The lowest BCUT2D eigenvalue weighted by Gasteiger charge is -2.29. The number of aryl methyl sites for hydroxylation is 1. The van der Waals surface area contributed by atoms with E-state index in [0.717, 1.165) is 24.2 Å². The Kier molecular flexibility index (Phi) is 8.51. The standard InChI is InChI=1S/C53H45N/c1-36-18-14-17-27-49(36)54(41-30-28-40(29-31-41)53(2,3)4)42-32-33-45-48(34-42)43-25-15-16-26-44(43)51-47(38-21-10-6-11-22-38)35-46(37-19-8-5-9-20-37)50(52(45)51)39-23-12-7-13-24-39/h6-8,10-35H,5,9H2,1-4H3. The van der Waals surface area contributed by atoms with Crippen molar-refractivity contribution in [2.24, 2.45) is 0 Å². The Bertz CT molecular complexity index is 2730. The van der Waals surface area contributed by atoms with Crippen molar-refractivity contribution in [2.45, 2.75) is 46.0 Å². The van der Waals surface area contributed by atoms with Gasteiger partial charge in [0, 0.05) is 17.1 Å². The van der Waals surface area contributed by atoms with Gasteiger partial charge in [0.2, 0.25) is 0 Å². The van der Waals surface area contributed by atoms with Gasteiger partial charge in [-0.15, -0.1) is 0 Å². The molecule has 262 valence electrons. The van der Waals surface area contributed by atoms with E-state index in [2.05, 4.69) is 209 Å². The molecule has 0 unspecified atom stereocenters. The number of allylic oxidation sites excluding steroid dienone is 4. The molecule has 0 amide bonds. The van der Waals surface area contributed by atoms with Crippen molar-refractivity contribution < 1.29 is 0 Å². The van der Waals surface area contributed by atoms with Crippen LogP contribution >= 0.6 is 0 Å². The lowest BCUT2D eigenvalue weighted by Crippen LogP contribution is -2.13. The molecule has 0 bridgehead atoms. The molecule has 0 aromatic heterocycles. The lowest BCUT2D eigenvalue weighted by atomic mass is 9.80. The number of nitrogens with zero attached hydrogens (tertiary/aromatic N) is 1. The van der Waals surface area contributed by atoms with Crippen LogP contribution in [-0.2, 0) is 5.41 Å². The van der Waals surface area contributed by atoms with E-state index in [1.165, 1.54) is 82.5 Å². The summed E-state index contributed by atoms with van der Waals surface area (Å²) >= 11 is 0. The van der Waals surface area contributed by atoms with Crippen LogP contribution in [0.4, 0.5) is 17.1 Å². The lowest BCUT2D eigenvalue weighted by molar-refractivity contribution is 0.590. The van der Waals surface area contributed by atoms with Gasteiger partial charge in [-0.1, -0.05) is 160 Å². The summed E-state index contributed by atoms with van der Waals surface area (Å²) in [5, 5.41) is 7.64. The second-order valence-corrected chi connectivity index (χ2v) is 15.7. The summed E-state index contributed by atoms with van der Waals surface area (Å²) in [4.78, 5) is 2.43. The minimum atomic E-state index is 0.0757. The summed E-state index contributed by atoms with van der Waals surface area (Å²) in [5.41, 5.74) is 13.7. The molecule has 9 rings (SSSR count). The van der Waals surface area contributed by atoms with Crippen molar-refractivity contribution in [2.75, 3.05) is 4.90 Å². The van der Waals surface area contributed by atoms with E-state index in [1.807, 2.05) is 0 Å². The van der Waals surface area contributed by atoms with Gasteiger partial charge in [0.05, 0.1) is 0 Å². The zero-order valence-electron chi connectivity index (χ0n) is 31.6. The molecule has 0 atom stereocenters. The number of anilines is 3. The van der Waals surface area contributed by atoms with Crippen LogP contribution in [0.25, 0.3) is 60.1 Å². The van der Waals surface area contributed by atoms with Crippen LogP contribution in [0.3, 0.4) is 0 Å². The van der Waals surface area contributed by atoms with Crippen molar-refractivity contribution in [3.8, 4) is 22.3 Å². The third-order valence-corrected chi connectivity index (χ3v) is 11.1. The van der Waals surface area contributed by atoms with Crippen molar-refractivity contribution in [3.05, 3.63) is 193 Å². The molecule has 8 aromatic rings. The van der Waals surface area contributed by atoms with Gasteiger partial charge in [-0.2, -0.15) is 0 Å². The van der Waals surface area contributed by atoms with Gasteiger partial charge in [0.25, 0.3) is 0 Å². The molecule has 0 fully saturated rings. The molecular formula is C53H45N. The molecule has 1 aliphatic rings. The topological polar surface area (TPSA) is 3.24 Å².